The largest absolute Gasteiger partial charge is 0.494 e. The molecule has 0 saturated carbocycles. The van der Waals surface area contributed by atoms with Crippen molar-refractivity contribution in [1.29, 1.82) is 0 Å². The smallest absolute Gasteiger partial charge is 0.217 e. The Balaban J connectivity index is 2.16. The van der Waals surface area contributed by atoms with E-state index in [0.29, 0.717) is 6.61 Å². The van der Waals surface area contributed by atoms with Gasteiger partial charge in [-0.1, -0.05) is 63.6 Å². The van der Waals surface area contributed by atoms with E-state index >= 15 is 0 Å². The summed E-state index contributed by atoms with van der Waals surface area (Å²) in [5, 5.41) is 3.09. The van der Waals surface area contributed by atoms with E-state index in [1.54, 1.807) is 6.92 Å². The monoisotopic (exact) mass is 319 g/mol. The highest BCUT2D eigenvalue weighted by molar-refractivity contribution is 5.73. The highest BCUT2D eigenvalue weighted by Crippen LogP contribution is 2.13. The first kappa shape index (κ1) is 19.5. The molecule has 23 heavy (non-hydrogen) atoms. The number of amides is 1. The Labute approximate surface area is 141 Å². The van der Waals surface area contributed by atoms with E-state index in [-0.39, 0.29) is 11.9 Å². The SMILES string of the molecule is CCCCCCCCC(CCCOc1ccccc1)NC(C)=O. The maximum atomic E-state index is 11.3. The fourth-order valence-corrected chi connectivity index (χ4v) is 2.78. The van der Waals surface area contributed by atoms with Crippen molar-refractivity contribution < 1.29 is 9.53 Å². The van der Waals surface area contributed by atoms with E-state index in [1.807, 2.05) is 30.3 Å². The molecule has 0 fully saturated rings. The molecule has 1 unspecified atom stereocenters. The first-order valence-corrected chi connectivity index (χ1v) is 9.17. The summed E-state index contributed by atoms with van der Waals surface area (Å²) in [7, 11) is 0. The summed E-state index contributed by atoms with van der Waals surface area (Å²) in [5.41, 5.74) is 0. The minimum absolute atomic E-state index is 0.0740. The van der Waals surface area contributed by atoms with Gasteiger partial charge >= 0.3 is 0 Å². The number of benzene rings is 1. The van der Waals surface area contributed by atoms with Crippen molar-refractivity contribution in [2.24, 2.45) is 0 Å². The highest BCUT2D eigenvalue weighted by atomic mass is 16.5. The lowest BCUT2D eigenvalue weighted by Crippen LogP contribution is -2.33. The van der Waals surface area contributed by atoms with Crippen LogP contribution in [0.2, 0.25) is 0 Å². The maximum Gasteiger partial charge on any atom is 0.217 e. The average Bonchev–Trinajstić information content (AvgIpc) is 2.55. The van der Waals surface area contributed by atoms with E-state index in [1.165, 1.54) is 38.5 Å². The maximum absolute atomic E-state index is 11.3. The van der Waals surface area contributed by atoms with Gasteiger partial charge in [0.15, 0.2) is 0 Å². The molecule has 1 atom stereocenters. The summed E-state index contributed by atoms with van der Waals surface area (Å²) in [6.07, 6.45) is 10.8. The van der Waals surface area contributed by atoms with Crippen molar-refractivity contribution >= 4 is 5.91 Å². The second kappa shape index (κ2) is 13.0. The van der Waals surface area contributed by atoms with Gasteiger partial charge in [0, 0.05) is 13.0 Å². The number of rotatable bonds is 13. The normalized spacial score (nSPS) is 11.9. The molecule has 0 bridgehead atoms. The Hall–Kier alpha value is -1.51. The van der Waals surface area contributed by atoms with E-state index in [9.17, 15) is 4.79 Å². The van der Waals surface area contributed by atoms with Gasteiger partial charge in [-0.3, -0.25) is 4.79 Å². The van der Waals surface area contributed by atoms with Crippen LogP contribution in [0.3, 0.4) is 0 Å². The van der Waals surface area contributed by atoms with Gasteiger partial charge in [0.1, 0.15) is 5.75 Å². The Morgan fingerprint density at radius 2 is 1.65 bits per heavy atom. The molecular formula is C20H33NO2. The number of ether oxygens (including phenoxy) is 1. The number of hydrogen-bond donors (Lipinski definition) is 1. The molecule has 0 aromatic heterocycles. The second-order valence-corrected chi connectivity index (χ2v) is 6.26. The lowest BCUT2D eigenvalue weighted by atomic mass is 10.0. The molecular weight excluding hydrogens is 286 g/mol. The van der Waals surface area contributed by atoms with Gasteiger partial charge in [-0.15, -0.1) is 0 Å². The van der Waals surface area contributed by atoms with Crippen molar-refractivity contribution in [3.8, 4) is 5.75 Å². The van der Waals surface area contributed by atoms with Gasteiger partial charge in [0.25, 0.3) is 0 Å². The minimum atomic E-state index is 0.0740. The Morgan fingerprint density at radius 3 is 2.35 bits per heavy atom. The van der Waals surface area contributed by atoms with Crippen molar-refractivity contribution in [2.75, 3.05) is 6.61 Å². The van der Waals surface area contributed by atoms with Crippen LogP contribution in [0.1, 0.15) is 71.6 Å². The van der Waals surface area contributed by atoms with Crippen LogP contribution in [0.4, 0.5) is 0 Å². The van der Waals surface area contributed by atoms with Crippen molar-refractivity contribution in [1.82, 2.24) is 5.32 Å². The molecule has 130 valence electrons. The third kappa shape index (κ3) is 10.8. The van der Waals surface area contributed by atoms with Crippen molar-refractivity contribution in [3.05, 3.63) is 30.3 Å². The van der Waals surface area contributed by atoms with Gasteiger partial charge in [-0.25, -0.2) is 0 Å². The molecule has 1 aromatic carbocycles. The summed E-state index contributed by atoms with van der Waals surface area (Å²) in [4.78, 5) is 11.3. The van der Waals surface area contributed by atoms with Crippen LogP contribution in [-0.4, -0.2) is 18.6 Å². The Bertz CT molecular complexity index is 405. The van der Waals surface area contributed by atoms with Crippen LogP contribution in [0, 0.1) is 0 Å². The predicted octanol–water partition coefficient (Wildman–Crippen LogP) is 5.10. The van der Waals surface area contributed by atoms with Gasteiger partial charge in [-0.2, -0.15) is 0 Å². The van der Waals surface area contributed by atoms with Crippen LogP contribution in [0.15, 0.2) is 30.3 Å². The third-order valence-corrected chi connectivity index (χ3v) is 4.02. The van der Waals surface area contributed by atoms with Gasteiger partial charge in [0.2, 0.25) is 5.91 Å². The number of nitrogens with one attached hydrogen (secondary N) is 1. The quantitative estimate of drug-likeness (QED) is 0.514. The molecule has 3 nitrogen and oxygen atoms in total. The number of carbonyl (C=O) groups excluding carboxylic acids is 1. The molecule has 0 radical (unpaired) electrons. The molecule has 1 N–H and O–H groups in total. The van der Waals surface area contributed by atoms with Crippen LogP contribution in [0.5, 0.6) is 5.75 Å². The van der Waals surface area contributed by atoms with Gasteiger partial charge < -0.3 is 10.1 Å². The van der Waals surface area contributed by atoms with Gasteiger partial charge in [0.05, 0.1) is 6.61 Å². The van der Waals surface area contributed by atoms with Crippen LogP contribution < -0.4 is 10.1 Å². The zero-order valence-corrected chi connectivity index (χ0v) is 14.9. The lowest BCUT2D eigenvalue weighted by molar-refractivity contribution is -0.119. The fourth-order valence-electron chi connectivity index (χ4n) is 2.78. The van der Waals surface area contributed by atoms with E-state index < -0.39 is 0 Å². The number of carbonyl (C=O) groups is 1. The van der Waals surface area contributed by atoms with Crippen LogP contribution >= 0.6 is 0 Å². The van der Waals surface area contributed by atoms with E-state index in [4.69, 9.17) is 4.74 Å². The van der Waals surface area contributed by atoms with E-state index in [2.05, 4.69) is 12.2 Å². The standard InChI is InChI=1S/C20H33NO2/c1-3-4-5-6-7-9-13-19(21-18(2)22)14-12-17-23-20-15-10-8-11-16-20/h8,10-11,15-16,19H,3-7,9,12-14,17H2,1-2H3,(H,21,22). The molecule has 0 saturated heterocycles. The lowest BCUT2D eigenvalue weighted by Gasteiger charge is -2.18. The molecule has 0 aliphatic carbocycles. The van der Waals surface area contributed by atoms with Crippen LogP contribution in [0.25, 0.3) is 0 Å². The number of hydrogen-bond acceptors (Lipinski definition) is 2. The first-order chi connectivity index (χ1) is 11.2. The molecule has 0 aliphatic rings. The predicted molar refractivity (Wildman–Crippen MR) is 96.8 cm³/mol. The van der Waals surface area contributed by atoms with Crippen molar-refractivity contribution in [2.45, 2.75) is 77.7 Å². The molecule has 0 aliphatic heterocycles. The van der Waals surface area contributed by atoms with Crippen LogP contribution in [-0.2, 0) is 4.79 Å². The third-order valence-electron chi connectivity index (χ3n) is 4.02. The molecule has 1 amide bonds. The fraction of sp³-hybridized carbons (Fsp3) is 0.650. The Kier molecular flexibility index (Phi) is 11.0. The zero-order chi connectivity index (χ0) is 16.8. The summed E-state index contributed by atoms with van der Waals surface area (Å²) in [6.45, 7) is 4.55. The molecule has 1 aromatic rings. The summed E-state index contributed by atoms with van der Waals surface area (Å²) < 4.78 is 5.72. The van der Waals surface area contributed by atoms with Gasteiger partial charge in [-0.05, 0) is 31.4 Å². The van der Waals surface area contributed by atoms with Crippen molar-refractivity contribution in [3.63, 3.8) is 0 Å². The topological polar surface area (TPSA) is 38.3 Å². The summed E-state index contributed by atoms with van der Waals surface area (Å²) in [5.74, 6) is 0.990. The Morgan fingerprint density at radius 1 is 1.00 bits per heavy atom. The molecule has 1 rings (SSSR count). The highest BCUT2D eigenvalue weighted by Gasteiger charge is 2.09. The zero-order valence-electron chi connectivity index (χ0n) is 14.9. The number of para-hydroxylation sites is 1. The molecule has 0 spiro atoms. The molecule has 0 heterocycles. The minimum Gasteiger partial charge on any atom is -0.494 e. The molecule has 3 heteroatoms. The number of unbranched alkanes of at least 4 members (excludes halogenated alkanes) is 5. The summed E-state index contributed by atoms with van der Waals surface area (Å²) in [6, 6.07) is 10.2. The summed E-state index contributed by atoms with van der Waals surface area (Å²) >= 11 is 0. The average molecular weight is 319 g/mol. The van der Waals surface area contributed by atoms with E-state index in [0.717, 1.165) is 25.0 Å². The first-order valence-electron chi connectivity index (χ1n) is 9.17. The second-order valence-electron chi connectivity index (χ2n) is 6.26.